The van der Waals surface area contributed by atoms with Crippen LogP contribution in [0.25, 0.3) is 22.3 Å². The van der Waals surface area contributed by atoms with Gasteiger partial charge >= 0.3 is 0 Å². The number of aromatic nitrogens is 3. The first kappa shape index (κ1) is 16.6. The van der Waals surface area contributed by atoms with Gasteiger partial charge in [0.2, 0.25) is 0 Å². The van der Waals surface area contributed by atoms with Crippen molar-refractivity contribution in [2.24, 2.45) is 0 Å². The number of benzene rings is 2. The minimum atomic E-state index is 0.280. The standard InChI is InChI=1S/C23H21N5O/c1-2-5-16(6-3-1)28-14-17-15-29-12-11-27(17)23-21(28)13-25-22(26-23)19-7-4-8-20-18(19)9-10-24-20/h1-10,13,17,24H,11-12,14-15H2. The second-order valence-corrected chi connectivity index (χ2v) is 7.52. The van der Waals surface area contributed by atoms with Gasteiger partial charge in [0, 0.05) is 41.4 Å². The summed E-state index contributed by atoms with van der Waals surface area (Å²) in [5, 5.41) is 1.14. The van der Waals surface area contributed by atoms with Gasteiger partial charge < -0.3 is 19.5 Å². The second-order valence-electron chi connectivity index (χ2n) is 7.52. The Labute approximate surface area is 168 Å². The van der Waals surface area contributed by atoms with Crippen molar-refractivity contribution in [3.8, 4) is 11.4 Å². The highest BCUT2D eigenvalue weighted by Gasteiger charge is 2.35. The summed E-state index contributed by atoms with van der Waals surface area (Å²) in [6, 6.07) is 19.0. The maximum atomic E-state index is 5.78. The lowest BCUT2D eigenvalue weighted by atomic mass is 10.1. The van der Waals surface area contributed by atoms with E-state index in [2.05, 4.69) is 57.2 Å². The molecule has 0 aliphatic carbocycles. The van der Waals surface area contributed by atoms with Crippen molar-refractivity contribution in [1.82, 2.24) is 15.0 Å². The van der Waals surface area contributed by atoms with Crippen LogP contribution in [0.3, 0.4) is 0 Å². The Kier molecular flexibility index (Phi) is 3.77. The average Bonchev–Trinajstić information content (AvgIpc) is 3.28. The number of ether oxygens (including phenoxy) is 1. The quantitative estimate of drug-likeness (QED) is 0.567. The lowest BCUT2D eigenvalue weighted by Gasteiger charge is -2.45. The van der Waals surface area contributed by atoms with Gasteiger partial charge in [0.1, 0.15) is 5.69 Å². The van der Waals surface area contributed by atoms with Crippen LogP contribution in [0.15, 0.2) is 67.0 Å². The number of hydrogen-bond acceptors (Lipinski definition) is 5. The molecule has 1 saturated heterocycles. The third-order valence-electron chi connectivity index (χ3n) is 5.84. The molecule has 4 aromatic rings. The van der Waals surface area contributed by atoms with Gasteiger partial charge in [-0.05, 0) is 24.3 Å². The maximum absolute atomic E-state index is 5.78. The van der Waals surface area contributed by atoms with E-state index in [1.807, 2.05) is 24.5 Å². The Morgan fingerprint density at radius 1 is 1.03 bits per heavy atom. The minimum absolute atomic E-state index is 0.280. The summed E-state index contributed by atoms with van der Waals surface area (Å²) < 4.78 is 5.78. The summed E-state index contributed by atoms with van der Waals surface area (Å²) in [4.78, 5) is 17.8. The number of rotatable bonds is 2. The summed E-state index contributed by atoms with van der Waals surface area (Å²) in [7, 11) is 0. The zero-order chi connectivity index (χ0) is 19.2. The van der Waals surface area contributed by atoms with Gasteiger partial charge in [-0.2, -0.15) is 0 Å². The van der Waals surface area contributed by atoms with Crippen molar-refractivity contribution >= 4 is 28.1 Å². The van der Waals surface area contributed by atoms with Crippen LogP contribution >= 0.6 is 0 Å². The second kappa shape index (κ2) is 6.60. The van der Waals surface area contributed by atoms with Crippen LogP contribution in [0.4, 0.5) is 17.2 Å². The molecule has 6 heteroatoms. The van der Waals surface area contributed by atoms with Gasteiger partial charge in [-0.1, -0.05) is 30.3 Å². The molecular formula is C23H21N5O. The van der Waals surface area contributed by atoms with Crippen molar-refractivity contribution in [3.63, 3.8) is 0 Å². The van der Waals surface area contributed by atoms with Crippen molar-refractivity contribution in [3.05, 3.63) is 67.0 Å². The first-order valence-electron chi connectivity index (χ1n) is 9.99. The van der Waals surface area contributed by atoms with Crippen LogP contribution in [0.2, 0.25) is 0 Å². The maximum Gasteiger partial charge on any atom is 0.162 e. The molecule has 0 radical (unpaired) electrons. The van der Waals surface area contributed by atoms with Gasteiger partial charge in [0.15, 0.2) is 11.6 Å². The number of hydrogen-bond donors (Lipinski definition) is 1. The number of para-hydroxylation sites is 1. The first-order valence-corrected chi connectivity index (χ1v) is 9.99. The Bertz CT molecular complexity index is 1170. The third-order valence-corrected chi connectivity index (χ3v) is 5.84. The van der Waals surface area contributed by atoms with Crippen LogP contribution in [0, 0.1) is 0 Å². The summed E-state index contributed by atoms with van der Waals surface area (Å²) >= 11 is 0. The molecule has 2 aromatic carbocycles. The molecule has 1 atom stereocenters. The van der Waals surface area contributed by atoms with E-state index in [9.17, 15) is 0 Å². The predicted octanol–water partition coefficient (Wildman–Crippen LogP) is 3.98. The molecule has 0 spiro atoms. The molecule has 29 heavy (non-hydrogen) atoms. The first-order chi connectivity index (χ1) is 14.4. The summed E-state index contributed by atoms with van der Waals surface area (Å²) in [5.74, 6) is 1.75. The van der Waals surface area contributed by atoms with Crippen molar-refractivity contribution in [2.45, 2.75) is 6.04 Å². The SMILES string of the molecule is c1ccc(N2CC3COCCN3c3nc(-c4cccc5[nH]ccc45)ncc32)cc1. The molecule has 0 amide bonds. The summed E-state index contributed by atoms with van der Waals surface area (Å²) in [6.07, 6.45) is 3.93. The van der Waals surface area contributed by atoms with Crippen LogP contribution in [-0.4, -0.2) is 47.3 Å². The van der Waals surface area contributed by atoms with E-state index in [0.717, 1.165) is 65.8 Å². The molecule has 0 saturated carbocycles. The summed E-state index contributed by atoms with van der Waals surface area (Å²) in [6.45, 7) is 3.17. The molecule has 1 N–H and O–H groups in total. The number of fused-ring (bicyclic) bond motifs is 4. The van der Waals surface area contributed by atoms with E-state index in [-0.39, 0.29) is 6.04 Å². The van der Waals surface area contributed by atoms with Crippen molar-refractivity contribution in [2.75, 3.05) is 36.1 Å². The number of nitrogens with one attached hydrogen (secondary N) is 1. The largest absolute Gasteiger partial charge is 0.377 e. The topological polar surface area (TPSA) is 57.3 Å². The van der Waals surface area contributed by atoms with Gasteiger partial charge in [-0.15, -0.1) is 0 Å². The Morgan fingerprint density at radius 3 is 2.90 bits per heavy atom. The Morgan fingerprint density at radius 2 is 1.97 bits per heavy atom. The van der Waals surface area contributed by atoms with Gasteiger partial charge in [0.25, 0.3) is 0 Å². The number of morpholine rings is 1. The molecule has 1 fully saturated rings. The molecular weight excluding hydrogens is 362 g/mol. The van der Waals surface area contributed by atoms with Crippen molar-refractivity contribution < 1.29 is 4.74 Å². The molecule has 6 nitrogen and oxygen atoms in total. The Hall–Kier alpha value is -3.38. The lowest BCUT2D eigenvalue weighted by Crippen LogP contribution is -2.54. The zero-order valence-electron chi connectivity index (χ0n) is 16.0. The molecule has 2 aromatic heterocycles. The van der Waals surface area contributed by atoms with Crippen LogP contribution in [-0.2, 0) is 4.74 Å². The number of aromatic amines is 1. The molecule has 4 heterocycles. The van der Waals surface area contributed by atoms with E-state index in [1.165, 1.54) is 0 Å². The van der Waals surface area contributed by atoms with E-state index < -0.39 is 0 Å². The fraction of sp³-hybridized carbons (Fsp3) is 0.217. The summed E-state index contributed by atoms with van der Waals surface area (Å²) in [5.41, 5.74) is 4.36. The lowest BCUT2D eigenvalue weighted by molar-refractivity contribution is 0.0945. The van der Waals surface area contributed by atoms with Gasteiger partial charge in [0.05, 0.1) is 25.5 Å². The monoisotopic (exact) mass is 383 g/mol. The zero-order valence-corrected chi connectivity index (χ0v) is 16.0. The van der Waals surface area contributed by atoms with E-state index >= 15 is 0 Å². The van der Waals surface area contributed by atoms with Crippen molar-refractivity contribution in [1.29, 1.82) is 0 Å². The number of H-pyrrole nitrogens is 1. The van der Waals surface area contributed by atoms with Crippen LogP contribution in [0.1, 0.15) is 0 Å². The van der Waals surface area contributed by atoms with Crippen LogP contribution < -0.4 is 9.80 Å². The van der Waals surface area contributed by atoms with E-state index in [1.54, 1.807) is 0 Å². The average molecular weight is 383 g/mol. The molecule has 1 unspecified atom stereocenters. The van der Waals surface area contributed by atoms with Gasteiger partial charge in [-0.3, -0.25) is 0 Å². The molecule has 0 bridgehead atoms. The molecule has 6 rings (SSSR count). The minimum Gasteiger partial charge on any atom is -0.377 e. The Balaban J connectivity index is 1.52. The molecule has 2 aliphatic rings. The van der Waals surface area contributed by atoms with E-state index in [4.69, 9.17) is 14.7 Å². The number of nitrogens with zero attached hydrogens (tertiary/aromatic N) is 4. The molecule has 2 aliphatic heterocycles. The van der Waals surface area contributed by atoms with E-state index in [0.29, 0.717) is 0 Å². The normalized spacial score (nSPS) is 18.6. The predicted molar refractivity (Wildman–Crippen MR) is 115 cm³/mol. The number of anilines is 3. The van der Waals surface area contributed by atoms with Crippen LogP contribution in [0.5, 0.6) is 0 Å². The molecule has 144 valence electrons. The fourth-order valence-corrected chi connectivity index (χ4v) is 4.42. The third kappa shape index (κ3) is 2.68. The highest BCUT2D eigenvalue weighted by atomic mass is 16.5. The van der Waals surface area contributed by atoms with Gasteiger partial charge in [-0.25, -0.2) is 9.97 Å². The smallest absolute Gasteiger partial charge is 0.162 e. The highest BCUT2D eigenvalue weighted by molar-refractivity contribution is 5.94. The highest BCUT2D eigenvalue weighted by Crippen LogP contribution is 2.40. The fourth-order valence-electron chi connectivity index (χ4n) is 4.42.